The quantitative estimate of drug-likeness (QED) is 0.0222. The summed E-state index contributed by atoms with van der Waals surface area (Å²) in [6.45, 7) is 7.46. The molecule has 110 heavy (non-hydrogen) atoms. The lowest BCUT2D eigenvalue weighted by Gasteiger charge is -2.21. The van der Waals surface area contributed by atoms with E-state index in [9.17, 15) is 43.2 Å². The highest BCUT2D eigenvalue weighted by atomic mass is 31.2. The molecule has 0 radical (unpaired) electrons. The summed E-state index contributed by atoms with van der Waals surface area (Å²) in [5.41, 5.74) is 0. The number of unbranched alkanes of at least 4 members (excludes halogenated alkanes) is 62. The number of carbonyl (C=O) groups excluding carboxylic acids is 4. The maximum absolute atomic E-state index is 13.2. The third-order valence-corrected chi connectivity index (χ3v) is 23.8. The molecule has 0 aromatic carbocycles. The SMILES string of the molecule is CCCCCCCCCCCCCCCCCCCCCC(=O)OC[C@H](COP(=O)(O)OC[C@@H](O)COP(=O)(O)OC[C@@H](COC(=O)CCCCCCCCCCCC)OC(=O)CCCCCCCCCCCCCCCCCCCCC)OC(=O)CCCCCCCCCCCCCCCCCCCCC(C)CC. The Morgan fingerprint density at radius 1 is 0.255 bits per heavy atom. The van der Waals surface area contributed by atoms with Gasteiger partial charge in [0.15, 0.2) is 12.2 Å². The van der Waals surface area contributed by atoms with Crippen molar-refractivity contribution in [2.45, 2.75) is 515 Å². The van der Waals surface area contributed by atoms with Gasteiger partial charge in [-0.05, 0) is 31.6 Å². The van der Waals surface area contributed by atoms with Crippen LogP contribution in [0.3, 0.4) is 0 Å². The van der Waals surface area contributed by atoms with Crippen LogP contribution in [-0.4, -0.2) is 96.7 Å². The molecule has 0 aliphatic rings. The van der Waals surface area contributed by atoms with Crippen LogP contribution in [0.1, 0.15) is 497 Å². The van der Waals surface area contributed by atoms with Crippen molar-refractivity contribution >= 4 is 39.5 Å². The van der Waals surface area contributed by atoms with E-state index in [0.717, 1.165) is 95.8 Å². The molecule has 3 unspecified atom stereocenters. The largest absolute Gasteiger partial charge is 0.472 e. The summed E-state index contributed by atoms with van der Waals surface area (Å²) in [4.78, 5) is 73.4. The van der Waals surface area contributed by atoms with Crippen LogP contribution in [0.5, 0.6) is 0 Å². The van der Waals surface area contributed by atoms with Gasteiger partial charge in [0.2, 0.25) is 0 Å². The first-order valence-electron chi connectivity index (χ1n) is 47.2. The molecule has 0 aliphatic carbocycles. The Kier molecular flexibility index (Phi) is 82.1. The van der Waals surface area contributed by atoms with Gasteiger partial charge in [0.1, 0.15) is 19.3 Å². The van der Waals surface area contributed by atoms with Crippen molar-refractivity contribution in [1.82, 2.24) is 0 Å². The zero-order valence-corrected chi connectivity index (χ0v) is 74.2. The predicted molar refractivity (Wildman–Crippen MR) is 455 cm³/mol. The number of phosphoric acid groups is 2. The Balaban J connectivity index is 5.21. The highest BCUT2D eigenvalue weighted by molar-refractivity contribution is 7.47. The molecule has 19 heteroatoms. The number of esters is 4. The van der Waals surface area contributed by atoms with Gasteiger partial charge in [0, 0.05) is 25.7 Å². The summed E-state index contributed by atoms with van der Waals surface area (Å²) in [5.74, 6) is -1.22. The van der Waals surface area contributed by atoms with E-state index < -0.39 is 97.5 Å². The fourth-order valence-electron chi connectivity index (χ4n) is 14.3. The van der Waals surface area contributed by atoms with E-state index >= 15 is 0 Å². The Bertz CT molecular complexity index is 2080. The van der Waals surface area contributed by atoms with Crippen molar-refractivity contribution < 1.29 is 80.2 Å². The number of aliphatic hydroxyl groups excluding tert-OH is 1. The number of hydrogen-bond donors (Lipinski definition) is 3. The third-order valence-electron chi connectivity index (χ3n) is 21.9. The van der Waals surface area contributed by atoms with Crippen LogP contribution in [0.2, 0.25) is 0 Å². The Labute approximate surface area is 677 Å². The molecule has 654 valence electrons. The van der Waals surface area contributed by atoms with Gasteiger partial charge in [-0.25, -0.2) is 9.13 Å². The van der Waals surface area contributed by atoms with E-state index in [2.05, 4.69) is 34.6 Å². The van der Waals surface area contributed by atoms with Crippen LogP contribution in [0.15, 0.2) is 0 Å². The summed E-state index contributed by atoms with van der Waals surface area (Å²) < 4.78 is 69.0. The van der Waals surface area contributed by atoms with Gasteiger partial charge in [-0.3, -0.25) is 37.3 Å². The van der Waals surface area contributed by atoms with Gasteiger partial charge in [-0.15, -0.1) is 0 Å². The molecule has 6 atom stereocenters. The lowest BCUT2D eigenvalue weighted by Crippen LogP contribution is -2.30. The molecule has 3 N–H and O–H groups in total. The third kappa shape index (κ3) is 82.6. The maximum Gasteiger partial charge on any atom is 0.472 e. The van der Waals surface area contributed by atoms with E-state index in [1.807, 2.05) is 0 Å². The molecule has 0 aromatic heterocycles. The molecule has 0 amide bonds. The highest BCUT2D eigenvalue weighted by Crippen LogP contribution is 2.45. The average molecular weight is 1610 g/mol. The number of phosphoric ester groups is 2. The normalized spacial score (nSPS) is 13.9. The van der Waals surface area contributed by atoms with Crippen LogP contribution < -0.4 is 0 Å². The monoisotopic (exact) mass is 1610 g/mol. The molecule has 0 saturated carbocycles. The van der Waals surface area contributed by atoms with E-state index in [4.69, 9.17) is 37.0 Å². The molecule has 0 spiro atoms. The van der Waals surface area contributed by atoms with Crippen LogP contribution in [0.4, 0.5) is 0 Å². The van der Waals surface area contributed by atoms with Crippen molar-refractivity contribution in [2.75, 3.05) is 39.6 Å². The van der Waals surface area contributed by atoms with Crippen molar-refractivity contribution in [2.24, 2.45) is 5.92 Å². The minimum Gasteiger partial charge on any atom is -0.462 e. The summed E-state index contributed by atoms with van der Waals surface area (Å²) in [7, 11) is -9.93. The van der Waals surface area contributed by atoms with Gasteiger partial charge in [-0.1, -0.05) is 446 Å². The van der Waals surface area contributed by atoms with E-state index in [1.165, 1.54) is 321 Å². The first-order chi connectivity index (χ1) is 53.6. The van der Waals surface area contributed by atoms with Crippen molar-refractivity contribution in [1.29, 1.82) is 0 Å². The first kappa shape index (κ1) is 108. The van der Waals surface area contributed by atoms with Crippen LogP contribution >= 0.6 is 15.6 Å². The molecular formula is C91H178O17P2. The zero-order valence-electron chi connectivity index (χ0n) is 72.4. The second-order valence-electron chi connectivity index (χ2n) is 32.9. The Morgan fingerprint density at radius 2 is 0.436 bits per heavy atom. The van der Waals surface area contributed by atoms with Gasteiger partial charge >= 0.3 is 39.5 Å². The summed E-state index contributed by atoms with van der Waals surface area (Å²) in [6.07, 6.45) is 79.2. The average Bonchev–Trinajstić information content (AvgIpc) is 0.893. The standard InChI is InChI=1S/C91H178O17P2/c1-6-10-13-16-19-22-25-27-29-31-33-38-42-46-50-55-60-65-70-75-89(94)102-81-87(108-91(96)77-72-67-62-57-52-48-44-40-36-35-37-41-45-49-53-58-63-68-73-84(5)9-4)83-106-110(99,100)104-79-85(92)78-103-109(97,98)105-82-86(80-101-88(93)74-69-64-59-54-24-21-18-15-12-8-3)107-90(95)76-71-66-61-56-51-47-43-39-34-32-30-28-26-23-20-17-14-11-7-2/h84-87,92H,6-83H2,1-5H3,(H,97,98)(H,99,100)/t84?,85-,86+,87+/m0/s1. The van der Waals surface area contributed by atoms with E-state index in [0.29, 0.717) is 25.7 Å². The second-order valence-corrected chi connectivity index (χ2v) is 35.8. The number of rotatable bonds is 91. The fraction of sp³-hybridized carbons (Fsp3) is 0.956. The van der Waals surface area contributed by atoms with Crippen LogP contribution in [-0.2, 0) is 65.4 Å². The molecular weight excluding hydrogens is 1430 g/mol. The summed E-state index contributed by atoms with van der Waals surface area (Å²) in [5, 5.41) is 10.7. The van der Waals surface area contributed by atoms with E-state index in [-0.39, 0.29) is 25.7 Å². The number of hydrogen-bond acceptors (Lipinski definition) is 15. The van der Waals surface area contributed by atoms with Crippen LogP contribution in [0.25, 0.3) is 0 Å². The summed E-state index contributed by atoms with van der Waals surface area (Å²) in [6, 6.07) is 0. The number of aliphatic hydroxyl groups is 1. The molecule has 0 heterocycles. The van der Waals surface area contributed by atoms with Gasteiger partial charge in [0.05, 0.1) is 26.4 Å². The first-order valence-corrected chi connectivity index (χ1v) is 50.2. The lowest BCUT2D eigenvalue weighted by molar-refractivity contribution is -0.161. The van der Waals surface area contributed by atoms with Crippen LogP contribution in [0, 0.1) is 5.92 Å². The molecule has 0 rings (SSSR count). The molecule has 0 saturated heterocycles. The fourth-order valence-corrected chi connectivity index (χ4v) is 15.9. The Hall–Kier alpha value is -1.94. The van der Waals surface area contributed by atoms with Gasteiger partial charge in [0.25, 0.3) is 0 Å². The highest BCUT2D eigenvalue weighted by Gasteiger charge is 2.31. The number of ether oxygens (including phenoxy) is 4. The zero-order chi connectivity index (χ0) is 80.4. The lowest BCUT2D eigenvalue weighted by atomic mass is 9.99. The minimum absolute atomic E-state index is 0.109. The maximum atomic E-state index is 13.2. The smallest absolute Gasteiger partial charge is 0.462 e. The second kappa shape index (κ2) is 83.5. The van der Waals surface area contributed by atoms with Gasteiger partial charge in [-0.2, -0.15) is 0 Å². The predicted octanol–water partition coefficient (Wildman–Crippen LogP) is 28.3. The van der Waals surface area contributed by atoms with Crippen molar-refractivity contribution in [3.8, 4) is 0 Å². The molecule has 0 bridgehead atoms. The van der Waals surface area contributed by atoms with E-state index in [1.54, 1.807) is 0 Å². The van der Waals surface area contributed by atoms with Crippen molar-refractivity contribution in [3.63, 3.8) is 0 Å². The van der Waals surface area contributed by atoms with Gasteiger partial charge < -0.3 is 33.8 Å². The molecule has 0 aromatic rings. The number of carbonyl (C=O) groups is 4. The Morgan fingerprint density at radius 3 is 0.645 bits per heavy atom. The summed E-state index contributed by atoms with van der Waals surface area (Å²) >= 11 is 0. The molecule has 17 nitrogen and oxygen atoms in total. The minimum atomic E-state index is -4.97. The molecule has 0 aliphatic heterocycles. The van der Waals surface area contributed by atoms with Crippen molar-refractivity contribution in [3.05, 3.63) is 0 Å². The topological polar surface area (TPSA) is 237 Å². The molecule has 0 fully saturated rings.